The van der Waals surface area contributed by atoms with E-state index in [1.807, 2.05) is 49.4 Å². The van der Waals surface area contributed by atoms with E-state index in [-0.39, 0.29) is 5.78 Å². The number of ketones is 1. The van der Waals surface area contributed by atoms with Crippen molar-refractivity contribution in [3.8, 4) is 11.5 Å². The number of carbonyl (C=O) groups is 1. The van der Waals surface area contributed by atoms with Crippen LogP contribution >= 0.6 is 0 Å². The van der Waals surface area contributed by atoms with Crippen LogP contribution in [0.4, 0.5) is 0 Å². The first kappa shape index (κ1) is 15.1. The average Bonchev–Trinajstić information content (AvgIpc) is 2.52. The largest absolute Gasteiger partial charge is 0.497 e. The lowest BCUT2D eigenvalue weighted by Gasteiger charge is -2.11. The molecule has 0 amide bonds. The molecule has 3 nitrogen and oxygen atoms in total. The third kappa shape index (κ3) is 3.85. The molecule has 2 rings (SSSR count). The maximum absolute atomic E-state index is 11.5. The second-order valence-electron chi connectivity index (χ2n) is 4.87. The highest BCUT2D eigenvalue weighted by atomic mass is 16.5. The van der Waals surface area contributed by atoms with Crippen LogP contribution in [0.3, 0.4) is 0 Å². The SMILES string of the molecule is CCc1cc(OCc2cccc(OC)c2)ccc1C(C)=O. The fourth-order valence-corrected chi connectivity index (χ4v) is 2.22. The van der Waals surface area contributed by atoms with Gasteiger partial charge in [0.1, 0.15) is 18.1 Å². The highest BCUT2D eigenvalue weighted by Crippen LogP contribution is 2.21. The number of rotatable bonds is 6. The first-order valence-electron chi connectivity index (χ1n) is 7.03. The van der Waals surface area contributed by atoms with Crippen LogP contribution < -0.4 is 9.47 Å². The number of aryl methyl sites for hydroxylation is 1. The summed E-state index contributed by atoms with van der Waals surface area (Å²) >= 11 is 0. The quantitative estimate of drug-likeness (QED) is 0.751. The number of hydrogen-bond acceptors (Lipinski definition) is 3. The van der Waals surface area contributed by atoms with Crippen LogP contribution in [0.1, 0.15) is 35.3 Å². The Hall–Kier alpha value is -2.29. The molecule has 0 aliphatic carbocycles. The summed E-state index contributed by atoms with van der Waals surface area (Å²) in [6, 6.07) is 13.4. The number of ether oxygens (including phenoxy) is 2. The molecule has 0 atom stereocenters. The smallest absolute Gasteiger partial charge is 0.160 e. The Morgan fingerprint density at radius 1 is 1.10 bits per heavy atom. The van der Waals surface area contributed by atoms with Gasteiger partial charge in [0.25, 0.3) is 0 Å². The van der Waals surface area contributed by atoms with Gasteiger partial charge in [-0.05, 0) is 54.8 Å². The minimum atomic E-state index is 0.0891. The van der Waals surface area contributed by atoms with Gasteiger partial charge in [-0.25, -0.2) is 0 Å². The lowest BCUT2D eigenvalue weighted by atomic mass is 10.0. The molecule has 21 heavy (non-hydrogen) atoms. The molecule has 0 bridgehead atoms. The summed E-state index contributed by atoms with van der Waals surface area (Å²) in [6.45, 7) is 4.10. The topological polar surface area (TPSA) is 35.5 Å². The average molecular weight is 284 g/mol. The van der Waals surface area contributed by atoms with Crippen LogP contribution in [0.5, 0.6) is 11.5 Å². The summed E-state index contributed by atoms with van der Waals surface area (Å²) in [5, 5.41) is 0. The maximum atomic E-state index is 11.5. The fraction of sp³-hybridized carbons (Fsp3) is 0.278. The van der Waals surface area contributed by atoms with E-state index in [9.17, 15) is 4.79 Å². The van der Waals surface area contributed by atoms with Gasteiger partial charge in [-0.15, -0.1) is 0 Å². The van der Waals surface area contributed by atoms with Crippen LogP contribution in [0.15, 0.2) is 42.5 Å². The molecule has 0 aliphatic heterocycles. The Kier molecular flexibility index (Phi) is 4.99. The van der Waals surface area contributed by atoms with Crippen molar-refractivity contribution in [2.24, 2.45) is 0 Å². The zero-order valence-electron chi connectivity index (χ0n) is 12.7. The normalized spacial score (nSPS) is 10.2. The van der Waals surface area contributed by atoms with E-state index in [4.69, 9.17) is 9.47 Å². The van der Waals surface area contributed by atoms with Crippen molar-refractivity contribution in [3.63, 3.8) is 0 Å². The van der Waals surface area contributed by atoms with E-state index in [2.05, 4.69) is 0 Å². The highest BCUT2D eigenvalue weighted by molar-refractivity contribution is 5.95. The molecule has 0 aromatic heterocycles. The lowest BCUT2D eigenvalue weighted by Crippen LogP contribution is -2.01. The molecule has 0 N–H and O–H groups in total. The van der Waals surface area contributed by atoms with Crippen molar-refractivity contribution in [2.75, 3.05) is 7.11 Å². The summed E-state index contributed by atoms with van der Waals surface area (Å²) in [4.78, 5) is 11.5. The molecule has 0 spiro atoms. The maximum Gasteiger partial charge on any atom is 0.160 e. The van der Waals surface area contributed by atoms with Crippen LogP contribution in [-0.4, -0.2) is 12.9 Å². The zero-order chi connectivity index (χ0) is 15.2. The van der Waals surface area contributed by atoms with E-state index in [0.29, 0.717) is 6.61 Å². The monoisotopic (exact) mass is 284 g/mol. The Balaban J connectivity index is 2.11. The van der Waals surface area contributed by atoms with Crippen LogP contribution in [0, 0.1) is 0 Å². The van der Waals surface area contributed by atoms with E-state index in [1.54, 1.807) is 14.0 Å². The first-order chi connectivity index (χ1) is 10.1. The molecule has 0 unspecified atom stereocenters. The fourth-order valence-electron chi connectivity index (χ4n) is 2.22. The van der Waals surface area contributed by atoms with E-state index >= 15 is 0 Å². The van der Waals surface area contributed by atoms with Gasteiger partial charge in [-0.3, -0.25) is 4.79 Å². The second kappa shape index (κ2) is 6.93. The third-order valence-corrected chi connectivity index (χ3v) is 3.38. The van der Waals surface area contributed by atoms with E-state index < -0.39 is 0 Å². The van der Waals surface area contributed by atoms with Crippen molar-refractivity contribution in [1.29, 1.82) is 0 Å². The standard InChI is InChI=1S/C18H20O3/c1-4-15-11-17(8-9-18(15)13(2)19)21-12-14-6-5-7-16(10-14)20-3/h5-11H,4,12H2,1-3H3. The molecule has 0 aliphatic rings. The van der Waals surface area contributed by atoms with Gasteiger partial charge in [-0.2, -0.15) is 0 Å². The van der Waals surface area contributed by atoms with Gasteiger partial charge < -0.3 is 9.47 Å². The number of hydrogen-bond donors (Lipinski definition) is 0. The van der Waals surface area contributed by atoms with Gasteiger partial charge in [0.2, 0.25) is 0 Å². The lowest BCUT2D eigenvalue weighted by molar-refractivity contribution is 0.101. The first-order valence-corrected chi connectivity index (χ1v) is 7.03. The molecule has 0 saturated carbocycles. The third-order valence-electron chi connectivity index (χ3n) is 3.38. The molecule has 2 aromatic rings. The number of carbonyl (C=O) groups excluding carboxylic acids is 1. The van der Waals surface area contributed by atoms with Gasteiger partial charge in [-0.1, -0.05) is 19.1 Å². The van der Waals surface area contributed by atoms with E-state index in [0.717, 1.165) is 34.6 Å². The predicted molar refractivity (Wildman–Crippen MR) is 83.2 cm³/mol. The predicted octanol–water partition coefficient (Wildman–Crippen LogP) is 4.04. The molecule has 0 saturated heterocycles. The molecule has 0 fully saturated rings. The number of Topliss-reactive ketones (excluding diaryl/α,β-unsaturated/α-hetero) is 1. The molecular weight excluding hydrogens is 264 g/mol. The number of methoxy groups -OCH3 is 1. The molecule has 3 heteroatoms. The second-order valence-corrected chi connectivity index (χ2v) is 4.87. The Morgan fingerprint density at radius 3 is 2.57 bits per heavy atom. The van der Waals surface area contributed by atoms with Crippen molar-refractivity contribution in [2.45, 2.75) is 26.9 Å². The minimum absolute atomic E-state index is 0.0891. The molecular formula is C18H20O3. The van der Waals surface area contributed by atoms with Gasteiger partial charge >= 0.3 is 0 Å². The molecule has 110 valence electrons. The van der Waals surface area contributed by atoms with Crippen LogP contribution in [0.2, 0.25) is 0 Å². The van der Waals surface area contributed by atoms with Crippen LogP contribution in [0.25, 0.3) is 0 Å². The molecule has 0 heterocycles. The Bertz CT molecular complexity index is 632. The van der Waals surface area contributed by atoms with Crippen molar-refractivity contribution >= 4 is 5.78 Å². The Morgan fingerprint density at radius 2 is 1.90 bits per heavy atom. The summed E-state index contributed by atoms with van der Waals surface area (Å²) in [5.74, 6) is 1.68. The van der Waals surface area contributed by atoms with E-state index in [1.165, 1.54) is 0 Å². The van der Waals surface area contributed by atoms with Crippen molar-refractivity contribution in [3.05, 3.63) is 59.2 Å². The Labute approximate surface area is 125 Å². The van der Waals surface area contributed by atoms with Crippen LogP contribution in [-0.2, 0) is 13.0 Å². The van der Waals surface area contributed by atoms with Gasteiger partial charge in [0, 0.05) is 5.56 Å². The van der Waals surface area contributed by atoms with Crippen molar-refractivity contribution in [1.82, 2.24) is 0 Å². The summed E-state index contributed by atoms with van der Waals surface area (Å²) in [5.41, 5.74) is 2.83. The summed E-state index contributed by atoms with van der Waals surface area (Å²) in [6.07, 6.45) is 0.811. The van der Waals surface area contributed by atoms with Gasteiger partial charge in [0.05, 0.1) is 7.11 Å². The number of benzene rings is 2. The summed E-state index contributed by atoms with van der Waals surface area (Å²) < 4.78 is 11.0. The van der Waals surface area contributed by atoms with Crippen molar-refractivity contribution < 1.29 is 14.3 Å². The molecule has 2 aromatic carbocycles. The summed E-state index contributed by atoms with van der Waals surface area (Å²) in [7, 11) is 1.65. The highest BCUT2D eigenvalue weighted by Gasteiger charge is 2.07. The van der Waals surface area contributed by atoms with Gasteiger partial charge in [0.15, 0.2) is 5.78 Å². The minimum Gasteiger partial charge on any atom is -0.497 e. The molecule has 0 radical (unpaired) electrons. The zero-order valence-corrected chi connectivity index (χ0v) is 12.7.